The lowest BCUT2D eigenvalue weighted by Gasteiger charge is -2.10. The molecule has 0 unspecified atom stereocenters. The number of hydrogen-bond donors (Lipinski definition) is 2. The lowest BCUT2D eigenvalue weighted by molar-refractivity contribution is 0.0472. The number of aliphatic hydroxyl groups excluding tert-OH is 1. The summed E-state index contributed by atoms with van der Waals surface area (Å²) < 4.78 is 5.31. The summed E-state index contributed by atoms with van der Waals surface area (Å²) in [5.74, 6) is -0.384. The van der Waals surface area contributed by atoms with Gasteiger partial charge in [-0.2, -0.15) is 0 Å². The molecule has 4 heteroatoms. The van der Waals surface area contributed by atoms with Crippen molar-refractivity contribution in [2.45, 2.75) is 27.1 Å². The highest BCUT2D eigenvalue weighted by Crippen LogP contribution is 2.19. The van der Waals surface area contributed by atoms with Gasteiger partial charge in [0.15, 0.2) is 0 Å². The fraction of sp³-hybridized carbons (Fsp3) is 0.235. The van der Waals surface area contributed by atoms with E-state index >= 15 is 0 Å². The van der Waals surface area contributed by atoms with Crippen molar-refractivity contribution in [2.75, 3.05) is 5.73 Å². The van der Waals surface area contributed by atoms with Crippen LogP contribution in [0.25, 0.3) is 0 Å². The molecular formula is C17H19NO3. The summed E-state index contributed by atoms with van der Waals surface area (Å²) in [7, 11) is 0. The van der Waals surface area contributed by atoms with Crippen LogP contribution in [-0.4, -0.2) is 11.1 Å². The Hall–Kier alpha value is -2.33. The SMILES string of the molecule is Cc1cc(C)c(C(=O)OCc2ccc(CO)cc2)cc1N. The van der Waals surface area contributed by atoms with E-state index in [0.717, 1.165) is 22.3 Å². The van der Waals surface area contributed by atoms with Gasteiger partial charge < -0.3 is 15.6 Å². The van der Waals surface area contributed by atoms with Gasteiger partial charge in [-0.15, -0.1) is 0 Å². The first kappa shape index (κ1) is 15.1. The van der Waals surface area contributed by atoms with E-state index in [4.69, 9.17) is 15.6 Å². The minimum Gasteiger partial charge on any atom is -0.457 e. The van der Waals surface area contributed by atoms with Crippen molar-refractivity contribution in [3.05, 3.63) is 64.2 Å². The van der Waals surface area contributed by atoms with E-state index in [2.05, 4.69) is 0 Å². The van der Waals surface area contributed by atoms with Crippen LogP contribution in [0, 0.1) is 13.8 Å². The number of anilines is 1. The largest absolute Gasteiger partial charge is 0.457 e. The van der Waals surface area contributed by atoms with Crippen molar-refractivity contribution in [2.24, 2.45) is 0 Å². The number of aliphatic hydroxyl groups is 1. The molecule has 0 spiro atoms. The average Bonchev–Trinajstić information content (AvgIpc) is 2.49. The molecule has 0 fully saturated rings. The molecule has 21 heavy (non-hydrogen) atoms. The summed E-state index contributed by atoms with van der Waals surface area (Å²) in [4.78, 5) is 12.1. The van der Waals surface area contributed by atoms with Crippen molar-refractivity contribution >= 4 is 11.7 Å². The summed E-state index contributed by atoms with van der Waals surface area (Å²) in [6, 6.07) is 10.8. The van der Waals surface area contributed by atoms with E-state index in [1.54, 1.807) is 18.2 Å². The molecule has 0 atom stereocenters. The summed E-state index contributed by atoms with van der Waals surface area (Å²) in [5.41, 5.74) is 10.4. The van der Waals surface area contributed by atoms with E-state index < -0.39 is 0 Å². The third-order valence-corrected chi connectivity index (χ3v) is 3.41. The Balaban J connectivity index is 2.06. The second-order valence-corrected chi connectivity index (χ2v) is 5.07. The third-order valence-electron chi connectivity index (χ3n) is 3.41. The number of carbonyl (C=O) groups excluding carboxylic acids is 1. The maximum Gasteiger partial charge on any atom is 0.338 e. The van der Waals surface area contributed by atoms with Gasteiger partial charge in [0, 0.05) is 5.69 Å². The minimum absolute atomic E-state index is 0.00189. The first-order valence-electron chi connectivity index (χ1n) is 6.74. The topological polar surface area (TPSA) is 72.5 Å². The first-order valence-corrected chi connectivity index (χ1v) is 6.74. The van der Waals surface area contributed by atoms with Crippen LogP contribution in [0.1, 0.15) is 32.6 Å². The van der Waals surface area contributed by atoms with Gasteiger partial charge in [-0.1, -0.05) is 30.3 Å². The molecule has 0 bridgehead atoms. The average molecular weight is 285 g/mol. The second-order valence-electron chi connectivity index (χ2n) is 5.07. The number of aryl methyl sites for hydroxylation is 2. The molecule has 0 saturated heterocycles. The van der Waals surface area contributed by atoms with Crippen LogP contribution in [0.5, 0.6) is 0 Å². The van der Waals surface area contributed by atoms with Gasteiger partial charge >= 0.3 is 5.97 Å². The molecule has 110 valence electrons. The van der Waals surface area contributed by atoms with Gasteiger partial charge in [0.25, 0.3) is 0 Å². The summed E-state index contributed by atoms with van der Waals surface area (Å²) in [6.45, 7) is 3.96. The molecule has 0 aliphatic heterocycles. The predicted molar refractivity (Wildman–Crippen MR) is 81.8 cm³/mol. The number of carbonyl (C=O) groups is 1. The highest BCUT2D eigenvalue weighted by Gasteiger charge is 2.12. The maximum atomic E-state index is 12.1. The fourth-order valence-electron chi connectivity index (χ4n) is 2.06. The van der Waals surface area contributed by atoms with Crippen LogP contribution < -0.4 is 5.73 Å². The molecule has 0 amide bonds. The molecule has 0 radical (unpaired) electrons. The zero-order valence-electron chi connectivity index (χ0n) is 12.2. The second kappa shape index (κ2) is 6.41. The number of hydrogen-bond acceptors (Lipinski definition) is 4. The van der Waals surface area contributed by atoms with Crippen molar-refractivity contribution in [1.82, 2.24) is 0 Å². The number of rotatable bonds is 4. The molecule has 0 aliphatic rings. The normalized spacial score (nSPS) is 10.4. The Kier molecular flexibility index (Phi) is 4.60. The van der Waals surface area contributed by atoms with Crippen molar-refractivity contribution in [1.29, 1.82) is 0 Å². The molecule has 0 saturated carbocycles. The first-order chi connectivity index (χ1) is 10.0. The molecule has 2 rings (SSSR count). The standard InChI is InChI=1S/C17H19NO3/c1-11-7-12(2)16(18)8-15(11)17(20)21-10-14-5-3-13(9-19)4-6-14/h3-8,19H,9-10,18H2,1-2H3. The maximum absolute atomic E-state index is 12.1. The predicted octanol–water partition coefficient (Wildman–Crippen LogP) is 2.73. The Morgan fingerprint density at radius 2 is 1.71 bits per heavy atom. The molecule has 0 aromatic heterocycles. The number of esters is 1. The Morgan fingerprint density at radius 3 is 2.33 bits per heavy atom. The highest BCUT2D eigenvalue weighted by molar-refractivity contribution is 5.92. The van der Waals surface area contributed by atoms with Crippen molar-refractivity contribution in [3.63, 3.8) is 0 Å². The van der Waals surface area contributed by atoms with Crippen LogP contribution in [0.4, 0.5) is 5.69 Å². The molecule has 0 heterocycles. The van der Waals surface area contributed by atoms with Crippen LogP contribution in [0.3, 0.4) is 0 Å². The van der Waals surface area contributed by atoms with Gasteiger partial charge in [0.2, 0.25) is 0 Å². The quantitative estimate of drug-likeness (QED) is 0.669. The Labute approximate surface area is 124 Å². The number of benzene rings is 2. The van der Waals surface area contributed by atoms with Crippen LogP contribution in [0.2, 0.25) is 0 Å². The van der Waals surface area contributed by atoms with Gasteiger partial charge in [-0.25, -0.2) is 4.79 Å². The molecular weight excluding hydrogens is 266 g/mol. The summed E-state index contributed by atoms with van der Waals surface area (Å²) in [5, 5.41) is 8.98. The smallest absolute Gasteiger partial charge is 0.338 e. The molecule has 4 nitrogen and oxygen atoms in total. The Morgan fingerprint density at radius 1 is 1.10 bits per heavy atom. The zero-order chi connectivity index (χ0) is 15.4. The lowest BCUT2D eigenvalue weighted by atomic mass is 10.0. The highest BCUT2D eigenvalue weighted by atomic mass is 16.5. The molecule has 2 aromatic carbocycles. The van der Waals surface area contributed by atoms with Crippen molar-refractivity contribution in [3.8, 4) is 0 Å². The monoisotopic (exact) mass is 285 g/mol. The van der Waals surface area contributed by atoms with E-state index in [0.29, 0.717) is 11.3 Å². The van der Waals surface area contributed by atoms with Crippen LogP contribution in [0.15, 0.2) is 36.4 Å². The van der Waals surface area contributed by atoms with Gasteiger partial charge in [0.05, 0.1) is 12.2 Å². The molecule has 0 aliphatic carbocycles. The van der Waals surface area contributed by atoms with Crippen LogP contribution in [-0.2, 0) is 18.0 Å². The lowest BCUT2D eigenvalue weighted by Crippen LogP contribution is -2.08. The number of nitrogens with two attached hydrogens (primary N) is 1. The van der Waals surface area contributed by atoms with E-state index in [9.17, 15) is 4.79 Å². The zero-order valence-corrected chi connectivity index (χ0v) is 12.2. The Bertz CT molecular complexity index is 648. The van der Waals surface area contributed by atoms with Crippen LogP contribution >= 0.6 is 0 Å². The van der Waals surface area contributed by atoms with Gasteiger partial charge in [0.1, 0.15) is 6.61 Å². The fourth-order valence-corrected chi connectivity index (χ4v) is 2.06. The molecule has 2 aromatic rings. The number of ether oxygens (including phenoxy) is 1. The summed E-state index contributed by atoms with van der Waals surface area (Å²) >= 11 is 0. The third kappa shape index (κ3) is 3.61. The molecule has 3 N–H and O–H groups in total. The van der Waals surface area contributed by atoms with Gasteiger partial charge in [-0.3, -0.25) is 0 Å². The van der Waals surface area contributed by atoms with E-state index in [1.807, 2.05) is 32.0 Å². The van der Waals surface area contributed by atoms with E-state index in [1.165, 1.54) is 0 Å². The summed E-state index contributed by atoms with van der Waals surface area (Å²) in [6.07, 6.45) is 0. The van der Waals surface area contributed by atoms with Crippen molar-refractivity contribution < 1.29 is 14.6 Å². The van der Waals surface area contributed by atoms with E-state index in [-0.39, 0.29) is 19.2 Å². The number of nitrogen functional groups attached to an aromatic ring is 1. The minimum atomic E-state index is -0.384. The van der Waals surface area contributed by atoms with Gasteiger partial charge in [-0.05, 0) is 42.2 Å².